The van der Waals surface area contributed by atoms with E-state index in [0.717, 1.165) is 23.8 Å². The quantitative estimate of drug-likeness (QED) is 0.442. The molecule has 30 heavy (non-hydrogen) atoms. The number of aryl methyl sites for hydroxylation is 1. The van der Waals surface area contributed by atoms with Crippen molar-refractivity contribution < 1.29 is 19.4 Å². The molecule has 0 aliphatic heterocycles. The molecule has 11 heteroatoms. The summed E-state index contributed by atoms with van der Waals surface area (Å²) in [4.78, 5) is 46.0. The molecule has 1 heterocycles. The van der Waals surface area contributed by atoms with Crippen LogP contribution in [0.4, 0.5) is 22.7 Å². The summed E-state index contributed by atoms with van der Waals surface area (Å²) in [6.07, 6.45) is 0. The number of nitro groups is 2. The van der Waals surface area contributed by atoms with E-state index in [1.54, 1.807) is 42.6 Å². The molecule has 2 aromatic carbocycles. The Balaban J connectivity index is 1.91. The van der Waals surface area contributed by atoms with Crippen molar-refractivity contribution in [2.24, 2.45) is 0 Å². The average Bonchev–Trinajstić information content (AvgIpc) is 3.24. The molecule has 152 valence electrons. The van der Waals surface area contributed by atoms with E-state index < -0.39 is 27.1 Å². The van der Waals surface area contributed by atoms with Gasteiger partial charge in [-0.1, -0.05) is 12.1 Å². The number of nitro benzene ring substituents is 2. The first-order chi connectivity index (χ1) is 14.2. The summed E-state index contributed by atoms with van der Waals surface area (Å²) < 4.78 is 0. The average molecular weight is 426 g/mol. The second-order valence-electron chi connectivity index (χ2n) is 6.19. The summed E-state index contributed by atoms with van der Waals surface area (Å²) in [5, 5.41) is 29.1. The Hall–Kier alpha value is -4.12. The maximum atomic E-state index is 12.7. The second kappa shape index (κ2) is 8.49. The third-order valence-electron chi connectivity index (χ3n) is 4.00. The summed E-state index contributed by atoms with van der Waals surface area (Å²) in [7, 11) is 0. The van der Waals surface area contributed by atoms with Crippen molar-refractivity contribution in [2.75, 3.05) is 10.6 Å². The number of hydrogen-bond donors (Lipinski definition) is 2. The van der Waals surface area contributed by atoms with Crippen LogP contribution < -0.4 is 10.6 Å². The fraction of sp³-hybridized carbons (Fsp3) is 0.0526. The fourth-order valence-corrected chi connectivity index (χ4v) is 3.21. The fourth-order valence-electron chi connectivity index (χ4n) is 2.59. The number of hydrogen-bond acceptors (Lipinski definition) is 7. The molecule has 0 spiro atoms. The molecular weight excluding hydrogens is 412 g/mol. The first-order valence-electron chi connectivity index (χ1n) is 8.45. The monoisotopic (exact) mass is 426 g/mol. The van der Waals surface area contributed by atoms with E-state index in [9.17, 15) is 29.8 Å². The van der Waals surface area contributed by atoms with Crippen LogP contribution in [0.5, 0.6) is 0 Å². The summed E-state index contributed by atoms with van der Waals surface area (Å²) in [5.74, 6) is -1.16. The number of benzene rings is 2. The predicted molar refractivity (Wildman–Crippen MR) is 111 cm³/mol. The number of carbonyl (C=O) groups is 2. The van der Waals surface area contributed by atoms with E-state index in [0.29, 0.717) is 10.6 Å². The Morgan fingerprint density at radius 3 is 2.07 bits per heavy atom. The molecule has 10 nitrogen and oxygen atoms in total. The van der Waals surface area contributed by atoms with Crippen LogP contribution in [0.15, 0.2) is 53.9 Å². The van der Waals surface area contributed by atoms with Gasteiger partial charge < -0.3 is 10.6 Å². The highest BCUT2D eigenvalue weighted by atomic mass is 32.1. The lowest BCUT2D eigenvalue weighted by molar-refractivity contribution is -0.394. The Bertz CT molecular complexity index is 1130. The third-order valence-corrected chi connectivity index (χ3v) is 4.87. The lowest BCUT2D eigenvalue weighted by Gasteiger charge is -2.13. The SMILES string of the molecule is Cc1ccc(NC(=O)c2cccs2)c(NC(=O)c2cc([N+](=O)[O-])cc([N+](=O)[O-])c2)c1. The molecule has 0 atom stereocenters. The topological polar surface area (TPSA) is 144 Å². The van der Waals surface area contributed by atoms with Crippen LogP contribution in [0.3, 0.4) is 0 Å². The van der Waals surface area contributed by atoms with Gasteiger partial charge in [-0.3, -0.25) is 29.8 Å². The van der Waals surface area contributed by atoms with Gasteiger partial charge in [0.15, 0.2) is 0 Å². The number of nitrogens with zero attached hydrogens (tertiary/aromatic N) is 2. The van der Waals surface area contributed by atoms with Gasteiger partial charge in [0, 0.05) is 12.1 Å². The van der Waals surface area contributed by atoms with Gasteiger partial charge in [0.2, 0.25) is 0 Å². The van der Waals surface area contributed by atoms with Crippen LogP contribution >= 0.6 is 11.3 Å². The summed E-state index contributed by atoms with van der Waals surface area (Å²) >= 11 is 1.25. The number of anilines is 2. The second-order valence-corrected chi connectivity index (χ2v) is 7.13. The Kier molecular flexibility index (Phi) is 5.83. The zero-order valence-electron chi connectivity index (χ0n) is 15.4. The molecule has 0 radical (unpaired) electrons. The first kappa shape index (κ1) is 20.6. The summed E-state index contributed by atoms with van der Waals surface area (Å²) in [5.41, 5.74) is -0.0710. The Morgan fingerprint density at radius 2 is 1.50 bits per heavy atom. The maximum absolute atomic E-state index is 12.7. The van der Waals surface area contributed by atoms with Crippen LogP contribution in [0.25, 0.3) is 0 Å². The van der Waals surface area contributed by atoms with Gasteiger partial charge in [0.05, 0.1) is 37.7 Å². The molecule has 2 amide bonds. The Labute approximate surface area is 173 Å². The molecule has 0 saturated heterocycles. The van der Waals surface area contributed by atoms with Crippen molar-refractivity contribution in [1.29, 1.82) is 0 Å². The first-order valence-corrected chi connectivity index (χ1v) is 9.33. The van der Waals surface area contributed by atoms with E-state index in [2.05, 4.69) is 10.6 Å². The largest absolute Gasteiger partial charge is 0.320 e. The molecule has 2 N–H and O–H groups in total. The summed E-state index contributed by atoms with van der Waals surface area (Å²) in [6.45, 7) is 1.78. The molecule has 0 fully saturated rings. The normalized spacial score (nSPS) is 10.3. The predicted octanol–water partition coefficient (Wildman–Crippen LogP) is 4.38. The number of carbonyl (C=O) groups excluding carboxylic acids is 2. The number of non-ortho nitro benzene ring substituents is 2. The van der Waals surface area contributed by atoms with Crippen LogP contribution in [0.1, 0.15) is 25.6 Å². The number of nitrogens with one attached hydrogen (secondary N) is 2. The van der Waals surface area contributed by atoms with E-state index in [-0.39, 0.29) is 17.2 Å². The van der Waals surface area contributed by atoms with E-state index in [1.807, 2.05) is 0 Å². The van der Waals surface area contributed by atoms with Gasteiger partial charge in [-0.2, -0.15) is 0 Å². The summed E-state index contributed by atoms with van der Waals surface area (Å²) in [6, 6.07) is 11.0. The van der Waals surface area contributed by atoms with Gasteiger partial charge in [0.1, 0.15) is 0 Å². The highest BCUT2D eigenvalue weighted by Crippen LogP contribution is 2.27. The number of rotatable bonds is 6. The standard InChI is InChI=1S/C19H14N4O6S/c1-11-4-5-15(20-19(25)17-3-2-6-30-17)16(7-11)21-18(24)12-8-13(22(26)27)10-14(9-12)23(28)29/h2-10H,1H3,(H,20,25)(H,21,24). The maximum Gasteiger partial charge on any atom is 0.277 e. The molecule has 0 unspecified atom stereocenters. The van der Waals surface area contributed by atoms with Crippen molar-refractivity contribution in [3.8, 4) is 0 Å². The van der Waals surface area contributed by atoms with Crippen LogP contribution in [-0.4, -0.2) is 21.7 Å². The smallest absolute Gasteiger partial charge is 0.277 e. The molecule has 1 aromatic heterocycles. The minimum absolute atomic E-state index is 0.249. The molecule has 3 rings (SSSR count). The van der Waals surface area contributed by atoms with Crippen molar-refractivity contribution in [2.45, 2.75) is 6.92 Å². The van der Waals surface area contributed by atoms with Gasteiger partial charge in [-0.05, 0) is 36.1 Å². The van der Waals surface area contributed by atoms with Crippen LogP contribution in [-0.2, 0) is 0 Å². The molecule has 0 aliphatic carbocycles. The highest BCUT2D eigenvalue weighted by Gasteiger charge is 2.21. The van der Waals surface area contributed by atoms with Gasteiger partial charge in [-0.25, -0.2) is 0 Å². The van der Waals surface area contributed by atoms with Crippen molar-refractivity contribution in [3.05, 3.63) is 90.1 Å². The van der Waals surface area contributed by atoms with Crippen molar-refractivity contribution in [3.63, 3.8) is 0 Å². The minimum atomic E-state index is -0.816. The van der Waals surface area contributed by atoms with Crippen molar-refractivity contribution >= 4 is 45.9 Å². The zero-order chi connectivity index (χ0) is 21.8. The molecule has 3 aromatic rings. The lowest BCUT2D eigenvalue weighted by Crippen LogP contribution is -2.16. The van der Waals surface area contributed by atoms with E-state index in [1.165, 1.54) is 11.3 Å². The third kappa shape index (κ3) is 4.64. The molecule has 0 aliphatic rings. The lowest BCUT2D eigenvalue weighted by atomic mass is 10.1. The van der Waals surface area contributed by atoms with E-state index >= 15 is 0 Å². The van der Waals surface area contributed by atoms with Gasteiger partial charge >= 0.3 is 0 Å². The minimum Gasteiger partial charge on any atom is -0.320 e. The zero-order valence-corrected chi connectivity index (χ0v) is 16.3. The molecule has 0 saturated carbocycles. The molecular formula is C19H14N4O6S. The number of amides is 2. The van der Waals surface area contributed by atoms with Crippen LogP contribution in [0.2, 0.25) is 0 Å². The number of thiophene rings is 1. The van der Waals surface area contributed by atoms with Crippen molar-refractivity contribution in [1.82, 2.24) is 0 Å². The highest BCUT2D eigenvalue weighted by molar-refractivity contribution is 7.12. The van der Waals surface area contributed by atoms with Gasteiger partial charge in [0.25, 0.3) is 23.2 Å². The molecule has 0 bridgehead atoms. The Morgan fingerprint density at radius 1 is 0.867 bits per heavy atom. The van der Waals surface area contributed by atoms with E-state index in [4.69, 9.17) is 0 Å². The van der Waals surface area contributed by atoms with Crippen LogP contribution in [0, 0.1) is 27.2 Å². The van der Waals surface area contributed by atoms with Gasteiger partial charge in [-0.15, -0.1) is 11.3 Å².